The number of ether oxygens (including phenoxy) is 1. The maximum atomic E-state index is 5.40. The molecule has 0 radical (unpaired) electrons. The Hall–Kier alpha value is -0.690. The maximum absolute atomic E-state index is 5.40. The highest BCUT2D eigenvalue weighted by molar-refractivity contribution is 9.10. The van der Waals surface area contributed by atoms with Crippen LogP contribution in [0, 0.1) is 12.3 Å². The van der Waals surface area contributed by atoms with Gasteiger partial charge in [-0.1, -0.05) is 21.9 Å². The van der Waals surface area contributed by atoms with E-state index in [-0.39, 0.29) is 12.4 Å². The molecule has 0 heterocycles. The first kappa shape index (κ1) is 14.3. The van der Waals surface area contributed by atoms with E-state index in [1.807, 2.05) is 25.2 Å². The summed E-state index contributed by atoms with van der Waals surface area (Å²) in [6, 6.07) is 5.86. The first-order chi connectivity index (χ1) is 6.77. The molecule has 0 bridgehead atoms. The van der Waals surface area contributed by atoms with Crippen molar-refractivity contribution in [2.24, 2.45) is 0 Å². The molecular formula is C11H13BrClNO. The highest BCUT2D eigenvalue weighted by Gasteiger charge is 2.02. The van der Waals surface area contributed by atoms with Crippen molar-refractivity contribution in [3.63, 3.8) is 0 Å². The first-order valence-corrected chi connectivity index (χ1v) is 5.06. The molecule has 0 aliphatic heterocycles. The minimum absolute atomic E-state index is 0. The summed E-state index contributed by atoms with van der Waals surface area (Å²) >= 11 is 3.41. The summed E-state index contributed by atoms with van der Waals surface area (Å²) in [6.45, 7) is 1.07. The van der Waals surface area contributed by atoms with Crippen molar-refractivity contribution in [1.82, 2.24) is 5.32 Å². The van der Waals surface area contributed by atoms with Gasteiger partial charge in [-0.15, -0.1) is 18.8 Å². The molecule has 1 aromatic carbocycles. The molecule has 2 nitrogen and oxygen atoms in total. The quantitative estimate of drug-likeness (QED) is 0.861. The Bertz CT molecular complexity index is 349. The minimum atomic E-state index is 0. The van der Waals surface area contributed by atoms with Crippen molar-refractivity contribution < 1.29 is 4.74 Å². The second-order valence-corrected chi connectivity index (χ2v) is 3.69. The van der Waals surface area contributed by atoms with Crippen LogP contribution in [0.1, 0.15) is 5.56 Å². The first-order valence-electron chi connectivity index (χ1n) is 4.27. The van der Waals surface area contributed by atoms with Crippen molar-refractivity contribution in [2.45, 2.75) is 6.54 Å². The average Bonchev–Trinajstić information content (AvgIpc) is 2.17. The van der Waals surface area contributed by atoms with Gasteiger partial charge in [0, 0.05) is 16.6 Å². The van der Waals surface area contributed by atoms with Gasteiger partial charge in [0.25, 0.3) is 0 Å². The zero-order valence-corrected chi connectivity index (χ0v) is 10.8. The van der Waals surface area contributed by atoms with Crippen molar-refractivity contribution in [3.8, 4) is 18.1 Å². The lowest BCUT2D eigenvalue weighted by molar-refractivity contribution is 0.365. The number of terminal acetylenes is 1. The molecule has 4 heteroatoms. The Morgan fingerprint density at radius 3 is 2.87 bits per heavy atom. The Balaban J connectivity index is 0.00000196. The molecule has 15 heavy (non-hydrogen) atoms. The number of halogens is 2. The highest BCUT2D eigenvalue weighted by Crippen LogP contribution is 2.22. The van der Waals surface area contributed by atoms with Crippen LogP contribution >= 0.6 is 28.3 Å². The summed E-state index contributed by atoms with van der Waals surface area (Å²) in [6.07, 6.45) is 5.13. The predicted molar refractivity (Wildman–Crippen MR) is 68.5 cm³/mol. The molecule has 0 atom stereocenters. The van der Waals surface area contributed by atoms with E-state index in [9.17, 15) is 0 Å². The monoisotopic (exact) mass is 289 g/mol. The molecule has 0 spiro atoms. The summed E-state index contributed by atoms with van der Waals surface area (Å²) in [5, 5.41) is 3.08. The largest absolute Gasteiger partial charge is 0.481 e. The van der Waals surface area contributed by atoms with E-state index in [4.69, 9.17) is 11.2 Å². The summed E-state index contributed by atoms with van der Waals surface area (Å²) in [5.41, 5.74) is 1.09. The minimum Gasteiger partial charge on any atom is -0.481 e. The van der Waals surface area contributed by atoms with Crippen molar-refractivity contribution in [2.75, 3.05) is 13.7 Å². The topological polar surface area (TPSA) is 21.3 Å². The van der Waals surface area contributed by atoms with E-state index in [1.165, 1.54) is 0 Å². The van der Waals surface area contributed by atoms with E-state index in [1.54, 1.807) is 0 Å². The Kier molecular flexibility index (Phi) is 7.23. The fourth-order valence-electron chi connectivity index (χ4n) is 1.14. The molecule has 0 saturated heterocycles. The molecule has 1 aromatic rings. The molecular weight excluding hydrogens is 277 g/mol. The fraction of sp³-hybridized carbons (Fsp3) is 0.273. The van der Waals surface area contributed by atoms with E-state index < -0.39 is 0 Å². The lowest BCUT2D eigenvalue weighted by Crippen LogP contribution is -2.07. The number of rotatable bonds is 4. The third-order valence-corrected chi connectivity index (χ3v) is 2.19. The summed E-state index contributed by atoms with van der Waals surface area (Å²) in [5.74, 6) is 3.28. The van der Waals surface area contributed by atoms with Crippen LogP contribution < -0.4 is 10.1 Å². The lowest BCUT2D eigenvalue weighted by Gasteiger charge is -2.09. The van der Waals surface area contributed by atoms with E-state index in [0.29, 0.717) is 6.61 Å². The number of nitrogens with one attached hydrogen (secondary N) is 1. The van der Waals surface area contributed by atoms with Crippen molar-refractivity contribution in [3.05, 3.63) is 28.2 Å². The van der Waals surface area contributed by atoms with Crippen LogP contribution in [0.3, 0.4) is 0 Å². The van der Waals surface area contributed by atoms with Crippen LogP contribution in [0.4, 0.5) is 0 Å². The molecule has 1 N–H and O–H groups in total. The normalized spacial score (nSPS) is 8.87. The van der Waals surface area contributed by atoms with Crippen LogP contribution in [-0.4, -0.2) is 13.7 Å². The molecule has 0 fully saturated rings. The van der Waals surface area contributed by atoms with Gasteiger partial charge in [-0.3, -0.25) is 0 Å². The molecule has 0 aliphatic carbocycles. The van der Waals surface area contributed by atoms with Gasteiger partial charge >= 0.3 is 0 Å². The summed E-state index contributed by atoms with van der Waals surface area (Å²) < 4.78 is 6.43. The van der Waals surface area contributed by atoms with Gasteiger partial charge in [0.2, 0.25) is 0 Å². The zero-order chi connectivity index (χ0) is 10.4. The highest BCUT2D eigenvalue weighted by atomic mass is 79.9. The van der Waals surface area contributed by atoms with E-state index >= 15 is 0 Å². The Morgan fingerprint density at radius 1 is 1.53 bits per heavy atom. The molecule has 0 aromatic heterocycles. The zero-order valence-electron chi connectivity index (χ0n) is 8.42. The van der Waals surface area contributed by atoms with E-state index in [2.05, 4.69) is 27.2 Å². The summed E-state index contributed by atoms with van der Waals surface area (Å²) in [4.78, 5) is 0. The third-order valence-electron chi connectivity index (χ3n) is 1.70. The molecule has 1 rings (SSSR count). The van der Waals surface area contributed by atoms with Gasteiger partial charge in [0.15, 0.2) is 0 Å². The lowest BCUT2D eigenvalue weighted by atomic mass is 10.2. The average molecular weight is 291 g/mol. The van der Waals surface area contributed by atoms with Gasteiger partial charge < -0.3 is 10.1 Å². The standard InChI is InChI=1S/C11H12BrNO.ClH/c1-3-6-14-11-5-4-10(12)7-9(11)8-13-2;/h1,4-5,7,13H,6,8H2,2H3;1H. The van der Waals surface area contributed by atoms with Gasteiger partial charge in [0.05, 0.1) is 0 Å². The smallest absolute Gasteiger partial charge is 0.148 e. The number of benzene rings is 1. The second kappa shape index (κ2) is 7.58. The van der Waals surface area contributed by atoms with Gasteiger partial charge in [0.1, 0.15) is 12.4 Å². The van der Waals surface area contributed by atoms with Gasteiger partial charge in [-0.05, 0) is 25.2 Å². The molecule has 0 unspecified atom stereocenters. The number of hydrogen-bond donors (Lipinski definition) is 1. The van der Waals surface area contributed by atoms with Crippen LogP contribution in [0.2, 0.25) is 0 Å². The van der Waals surface area contributed by atoms with Crippen LogP contribution in [0.25, 0.3) is 0 Å². The maximum Gasteiger partial charge on any atom is 0.148 e. The number of hydrogen-bond acceptors (Lipinski definition) is 2. The second-order valence-electron chi connectivity index (χ2n) is 2.78. The molecule has 0 aliphatic rings. The molecule has 0 amide bonds. The van der Waals surface area contributed by atoms with Crippen LogP contribution in [0.15, 0.2) is 22.7 Å². The van der Waals surface area contributed by atoms with Crippen molar-refractivity contribution in [1.29, 1.82) is 0 Å². The SMILES string of the molecule is C#CCOc1ccc(Br)cc1CNC.Cl. The Morgan fingerprint density at radius 2 is 2.27 bits per heavy atom. The fourth-order valence-corrected chi connectivity index (χ4v) is 1.55. The van der Waals surface area contributed by atoms with E-state index in [0.717, 1.165) is 22.3 Å². The van der Waals surface area contributed by atoms with Gasteiger partial charge in [-0.2, -0.15) is 0 Å². The molecule has 82 valence electrons. The third kappa shape index (κ3) is 4.57. The molecule has 0 saturated carbocycles. The van der Waals surface area contributed by atoms with Crippen LogP contribution in [0.5, 0.6) is 5.75 Å². The predicted octanol–water partition coefficient (Wildman–Crippen LogP) is 2.60. The van der Waals surface area contributed by atoms with Gasteiger partial charge in [-0.25, -0.2) is 0 Å². The van der Waals surface area contributed by atoms with Crippen LogP contribution in [-0.2, 0) is 6.54 Å². The summed E-state index contributed by atoms with van der Waals surface area (Å²) in [7, 11) is 1.89. The van der Waals surface area contributed by atoms with Crippen molar-refractivity contribution >= 4 is 28.3 Å². The Labute approximate surface area is 105 Å².